The van der Waals surface area contributed by atoms with Crippen LogP contribution in [-0.2, 0) is 26.1 Å². The van der Waals surface area contributed by atoms with Gasteiger partial charge in [0.15, 0.2) is 0 Å². The zero-order chi connectivity index (χ0) is 21.9. The molecule has 1 aromatic carbocycles. The van der Waals surface area contributed by atoms with Crippen LogP contribution in [0.5, 0.6) is 0 Å². The second-order valence-electron chi connectivity index (χ2n) is 5.81. The summed E-state index contributed by atoms with van der Waals surface area (Å²) in [5, 5.41) is 5.82. The molecule has 2 rings (SSSR count). The minimum atomic E-state index is -4.02. The van der Waals surface area contributed by atoms with E-state index in [1.165, 1.54) is 26.2 Å². The number of carbonyl (C=O) groups excluding carboxylic acids is 2. The Morgan fingerprint density at radius 3 is 2.52 bits per heavy atom. The fourth-order valence-corrected chi connectivity index (χ4v) is 3.55. The van der Waals surface area contributed by atoms with Gasteiger partial charge in [-0.25, -0.2) is 22.2 Å². The SMILES string of the molecule is COC(=O)c1ccc(NC(=O)Cn2ncc(Cl)c(Cl)c2=O)cc1S(=O)(=O)N(C)C. The van der Waals surface area contributed by atoms with Crippen molar-refractivity contribution in [2.75, 3.05) is 26.5 Å². The van der Waals surface area contributed by atoms with Crippen molar-refractivity contribution in [3.05, 3.63) is 50.4 Å². The Kier molecular flexibility index (Phi) is 7.01. The lowest BCUT2D eigenvalue weighted by atomic mass is 10.2. The molecular formula is C16H16Cl2N4O6S. The summed E-state index contributed by atoms with van der Waals surface area (Å²) in [5.74, 6) is -1.54. The van der Waals surface area contributed by atoms with Crippen LogP contribution in [0.2, 0.25) is 10.0 Å². The normalized spacial score (nSPS) is 11.4. The molecule has 0 fully saturated rings. The summed E-state index contributed by atoms with van der Waals surface area (Å²) in [6.45, 7) is -0.496. The molecule has 1 N–H and O–H groups in total. The van der Waals surface area contributed by atoms with Crippen molar-refractivity contribution >= 4 is 50.8 Å². The van der Waals surface area contributed by atoms with Gasteiger partial charge in [-0.05, 0) is 18.2 Å². The fourth-order valence-electron chi connectivity index (χ4n) is 2.18. The summed E-state index contributed by atoms with van der Waals surface area (Å²) in [6, 6.07) is 3.65. The van der Waals surface area contributed by atoms with Crippen molar-refractivity contribution in [1.82, 2.24) is 14.1 Å². The standard InChI is InChI=1S/C16H16Cl2N4O6S/c1-21(2)29(26,27)12-6-9(4-5-10(12)16(25)28-3)20-13(23)8-22-15(24)14(18)11(17)7-19-22/h4-7H,8H2,1-3H3,(H,20,23). The van der Waals surface area contributed by atoms with E-state index in [0.717, 1.165) is 28.4 Å². The van der Waals surface area contributed by atoms with Gasteiger partial charge in [-0.1, -0.05) is 23.2 Å². The summed E-state index contributed by atoms with van der Waals surface area (Å²) in [6.07, 6.45) is 1.12. The number of amides is 1. The van der Waals surface area contributed by atoms with Crippen molar-refractivity contribution < 1.29 is 22.7 Å². The number of hydrogen-bond donors (Lipinski definition) is 1. The van der Waals surface area contributed by atoms with Gasteiger partial charge in [-0.2, -0.15) is 5.10 Å². The highest BCUT2D eigenvalue weighted by molar-refractivity contribution is 7.89. The molecule has 0 aliphatic rings. The van der Waals surface area contributed by atoms with Gasteiger partial charge in [0.2, 0.25) is 15.9 Å². The molecule has 156 valence electrons. The van der Waals surface area contributed by atoms with E-state index in [9.17, 15) is 22.8 Å². The smallest absolute Gasteiger partial charge is 0.339 e. The minimum absolute atomic E-state index is 0.0507. The predicted molar refractivity (Wildman–Crippen MR) is 106 cm³/mol. The molecule has 1 heterocycles. The van der Waals surface area contributed by atoms with Crippen LogP contribution in [0.15, 0.2) is 34.1 Å². The van der Waals surface area contributed by atoms with Gasteiger partial charge in [-0.3, -0.25) is 9.59 Å². The van der Waals surface area contributed by atoms with Gasteiger partial charge < -0.3 is 10.1 Å². The number of ether oxygens (including phenoxy) is 1. The molecule has 0 spiro atoms. The van der Waals surface area contributed by atoms with Gasteiger partial charge in [0.1, 0.15) is 11.6 Å². The van der Waals surface area contributed by atoms with E-state index < -0.39 is 34.0 Å². The predicted octanol–water partition coefficient (Wildman–Crippen LogP) is 1.23. The van der Waals surface area contributed by atoms with Crippen LogP contribution in [-0.4, -0.2) is 55.6 Å². The Bertz CT molecular complexity index is 1130. The van der Waals surface area contributed by atoms with E-state index in [4.69, 9.17) is 23.2 Å². The molecule has 0 aliphatic carbocycles. The Balaban J connectivity index is 2.36. The topological polar surface area (TPSA) is 128 Å². The fraction of sp³-hybridized carbons (Fsp3) is 0.250. The van der Waals surface area contributed by atoms with Crippen molar-refractivity contribution in [1.29, 1.82) is 0 Å². The van der Waals surface area contributed by atoms with E-state index in [0.29, 0.717) is 0 Å². The molecule has 0 aliphatic heterocycles. The van der Waals surface area contributed by atoms with E-state index >= 15 is 0 Å². The average molecular weight is 463 g/mol. The highest BCUT2D eigenvalue weighted by Gasteiger charge is 2.26. The maximum Gasteiger partial charge on any atom is 0.339 e. The van der Waals surface area contributed by atoms with Crippen LogP contribution in [0, 0.1) is 0 Å². The number of benzene rings is 1. The molecule has 1 aromatic heterocycles. The molecule has 0 atom stereocenters. The largest absolute Gasteiger partial charge is 0.465 e. The average Bonchev–Trinajstić information content (AvgIpc) is 2.67. The van der Waals surface area contributed by atoms with E-state index in [1.54, 1.807) is 0 Å². The van der Waals surface area contributed by atoms with Gasteiger partial charge >= 0.3 is 5.97 Å². The quantitative estimate of drug-likeness (QED) is 0.639. The monoisotopic (exact) mass is 462 g/mol. The highest BCUT2D eigenvalue weighted by Crippen LogP contribution is 2.24. The minimum Gasteiger partial charge on any atom is -0.465 e. The van der Waals surface area contributed by atoms with Crippen molar-refractivity contribution in [3.63, 3.8) is 0 Å². The number of methoxy groups -OCH3 is 1. The molecule has 13 heteroatoms. The molecule has 1 amide bonds. The molecule has 29 heavy (non-hydrogen) atoms. The second-order valence-corrected chi connectivity index (χ2v) is 8.71. The number of nitrogens with one attached hydrogen (secondary N) is 1. The molecule has 0 radical (unpaired) electrons. The molecule has 0 bridgehead atoms. The van der Waals surface area contributed by atoms with Crippen LogP contribution in [0.25, 0.3) is 0 Å². The van der Waals surface area contributed by atoms with E-state index in [2.05, 4.69) is 15.2 Å². The third-order valence-corrected chi connectivity index (χ3v) is 6.27. The Morgan fingerprint density at radius 1 is 1.28 bits per heavy atom. The maximum atomic E-state index is 12.5. The molecular weight excluding hydrogens is 447 g/mol. The zero-order valence-corrected chi connectivity index (χ0v) is 17.8. The number of nitrogens with zero attached hydrogens (tertiary/aromatic N) is 3. The van der Waals surface area contributed by atoms with Crippen LogP contribution in [0.1, 0.15) is 10.4 Å². The lowest BCUT2D eigenvalue weighted by Gasteiger charge is -2.16. The Morgan fingerprint density at radius 2 is 1.93 bits per heavy atom. The summed E-state index contributed by atoms with van der Waals surface area (Å²) < 4.78 is 31.4. The van der Waals surface area contributed by atoms with Crippen molar-refractivity contribution in [3.8, 4) is 0 Å². The second kappa shape index (κ2) is 8.91. The van der Waals surface area contributed by atoms with Crippen LogP contribution >= 0.6 is 23.2 Å². The van der Waals surface area contributed by atoms with Gasteiger partial charge in [0.25, 0.3) is 5.56 Å². The number of esters is 1. The number of aromatic nitrogens is 2. The first kappa shape index (κ1) is 22.8. The molecule has 0 unspecified atom stereocenters. The van der Waals surface area contributed by atoms with Crippen LogP contribution < -0.4 is 10.9 Å². The van der Waals surface area contributed by atoms with Crippen molar-refractivity contribution in [2.24, 2.45) is 0 Å². The third-order valence-electron chi connectivity index (χ3n) is 3.67. The Labute approximate surface area is 176 Å². The van der Waals surface area contributed by atoms with E-state index in [1.807, 2.05) is 0 Å². The third kappa shape index (κ3) is 4.93. The van der Waals surface area contributed by atoms with Crippen LogP contribution in [0.4, 0.5) is 5.69 Å². The summed E-state index contributed by atoms with van der Waals surface area (Å²) >= 11 is 11.4. The highest BCUT2D eigenvalue weighted by atomic mass is 35.5. The van der Waals surface area contributed by atoms with E-state index in [-0.39, 0.29) is 26.2 Å². The maximum absolute atomic E-state index is 12.5. The van der Waals surface area contributed by atoms with Gasteiger partial charge in [-0.15, -0.1) is 0 Å². The lowest BCUT2D eigenvalue weighted by Crippen LogP contribution is -2.30. The first-order chi connectivity index (χ1) is 13.5. The number of halogens is 2. The Hall–Kier alpha value is -2.47. The molecule has 10 nitrogen and oxygen atoms in total. The number of carbonyl (C=O) groups is 2. The lowest BCUT2D eigenvalue weighted by molar-refractivity contribution is -0.117. The number of sulfonamides is 1. The first-order valence-corrected chi connectivity index (χ1v) is 10.0. The van der Waals surface area contributed by atoms with Crippen molar-refractivity contribution in [2.45, 2.75) is 11.4 Å². The molecule has 0 saturated carbocycles. The van der Waals surface area contributed by atoms with Crippen LogP contribution in [0.3, 0.4) is 0 Å². The number of rotatable bonds is 6. The number of anilines is 1. The molecule has 0 saturated heterocycles. The summed E-state index contributed by atoms with van der Waals surface area (Å²) in [7, 11) is -0.307. The summed E-state index contributed by atoms with van der Waals surface area (Å²) in [5.41, 5.74) is -0.871. The molecule has 2 aromatic rings. The zero-order valence-electron chi connectivity index (χ0n) is 15.5. The van der Waals surface area contributed by atoms with Gasteiger partial charge in [0, 0.05) is 19.8 Å². The number of hydrogen-bond acceptors (Lipinski definition) is 7. The summed E-state index contributed by atoms with van der Waals surface area (Å²) in [4.78, 5) is 35.8. The first-order valence-electron chi connectivity index (χ1n) is 7.85. The van der Waals surface area contributed by atoms with Gasteiger partial charge in [0.05, 0.1) is 28.8 Å².